The first-order valence-corrected chi connectivity index (χ1v) is 6.10. The van der Waals surface area contributed by atoms with E-state index in [0.717, 1.165) is 18.2 Å². The molecule has 1 N–H and O–H groups in total. The van der Waals surface area contributed by atoms with Crippen molar-refractivity contribution in [3.63, 3.8) is 0 Å². The molecule has 0 radical (unpaired) electrons. The van der Waals surface area contributed by atoms with Gasteiger partial charge in [-0.15, -0.1) is 5.10 Å². The van der Waals surface area contributed by atoms with E-state index in [2.05, 4.69) is 43.3 Å². The molecule has 0 unspecified atom stereocenters. The summed E-state index contributed by atoms with van der Waals surface area (Å²) >= 11 is 0. The van der Waals surface area contributed by atoms with Crippen LogP contribution in [-0.4, -0.2) is 21.0 Å². The van der Waals surface area contributed by atoms with Gasteiger partial charge in [0.05, 0.1) is 17.4 Å². The average molecular weight is 222 g/mol. The van der Waals surface area contributed by atoms with Crippen molar-refractivity contribution in [2.45, 2.75) is 58.7 Å². The van der Waals surface area contributed by atoms with Crippen LogP contribution >= 0.6 is 0 Å². The molecule has 1 fully saturated rings. The molecule has 1 aliphatic rings. The van der Waals surface area contributed by atoms with Crippen LogP contribution in [0.15, 0.2) is 6.20 Å². The summed E-state index contributed by atoms with van der Waals surface area (Å²) < 4.78 is 1.92. The monoisotopic (exact) mass is 222 g/mol. The molecule has 0 aromatic carbocycles. The molecule has 4 nitrogen and oxygen atoms in total. The number of nitrogens with zero attached hydrogens (tertiary/aromatic N) is 3. The highest BCUT2D eigenvalue weighted by atomic mass is 15.4. The van der Waals surface area contributed by atoms with E-state index in [1.165, 1.54) is 12.8 Å². The first-order chi connectivity index (χ1) is 7.45. The summed E-state index contributed by atoms with van der Waals surface area (Å²) in [4.78, 5) is 0. The zero-order valence-corrected chi connectivity index (χ0v) is 10.7. The standard InChI is InChI=1S/C12H22N4/c1-9-5-10(6-9)13-7-11-8-16(15-14-11)12(2,3)4/h8-10,13H,5-7H2,1-4H3. The average Bonchev–Trinajstić information content (AvgIpc) is 2.58. The van der Waals surface area contributed by atoms with Crippen LogP contribution in [0.1, 0.15) is 46.2 Å². The van der Waals surface area contributed by atoms with Gasteiger partial charge in [0.15, 0.2) is 0 Å². The minimum atomic E-state index is 0.0240. The molecule has 0 aliphatic heterocycles. The SMILES string of the molecule is CC1CC(NCc2cn(C(C)(C)C)nn2)C1. The lowest BCUT2D eigenvalue weighted by atomic mass is 9.82. The summed E-state index contributed by atoms with van der Waals surface area (Å²) in [6.45, 7) is 9.53. The summed E-state index contributed by atoms with van der Waals surface area (Å²) in [7, 11) is 0. The number of aromatic nitrogens is 3. The minimum absolute atomic E-state index is 0.0240. The topological polar surface area (TPSA) is 42.7 Å². The summed E-state index contributed by atoms with van der Waals surface area (Å²) in [5.74, 6) is 0.891. The maximum absolute atomic E-state index is 4.18. The van der Waals surface area contributed by atoms with Crippen LogP contribution in [0.3, 0.4) is 0 Å². The van der Waals surface area contributed by atoms with E-state index in [1.807, 2.05) is 10.9 Å². The van der Waals surface area contributed by atoms with Gasteiger partial charge in [-0.2, -0.15) is 0 Å². The van der Waals surface area contributed by atoms with Crippen LogP contribution in [0.25, 0.3) is 0 Å². The highest BCUT2D eigenvalue weighted by Gasteiger charge is 2.24. The third-order valence-electron chi connectivity index (χ3n) is 3.17. The van der Waals surface area contributed by atoms with Crippen molar-refractivity contribution in [2.24, 2.45) is 5.92 Å². The number of hydrogen-bond donors (Lipinski definition) is 1. The Balaban J connectivity index is 1.84. The highest BCUT2D eigenvalue weighted by Crippen LogP contribution is 2.26. The highest BCUT2D eigenvalue weighted by molar-refractivity contribution is 4.95. The molecule has 0 spiro atoms. The van der Waals surface area contributed by atoms with Gasteiger partial charge in [-0.3, -0.25) is 0 Å². The lowest BCUT2D eigenvalue weighted by Gasteiger charge is -2.33. The van der Waals surface area contributed by atoms with E-state index in [1.54, 1.807) is 0 Å². The summed E-state index contributed by atoms with van der Waals surface area (Å²) in [5, 5.41) is 11.8. The maximum Gasteiger partial charge on any atom is 0.0965 e. The predicted octanol–water partition coefficient (Wildman–Crippen LogP) is 1.92. The number of rotatable bonds is 3. The van der Waals surface area contributed by atoms with Crippen LogP contribution in [0, 0.1) is 5.92 Å². The van der Waals surface area contributed by atoms with Crippen molar-refractivity contribution >= 4 is 0 Å². The molecule has 0 amide bonds. The molecular formula is C12H22N4. The lowest BCUT2D eigenvalue weighted by molar-refractivity contribution is 0.239. The fraction of sp³-hybridized carbons (Fsp3) is 0.833. The molecule has 16 heavy (non-hydrogen) atoms. The Morgan fingerprint density at radius 3 is 2.62 bits per heavy atom. The van der Waals surface area contributed by atoms with E-state index in [-0.39, 0.29) is 5.54 Å². The summed E-state index contributed by atoms with van der Waals surface area (Å²) in [6, 6.07) is 0.690. The molecule has 90 valence electrons. The van der Waals surface area contributed by atoms with Gasteiger partial charge in [-0.05, 0) is 39.5 Å². The zero-order valence-electron chi connectivity index (χ0n) is 10.7. The van der Waals surface area contributed by atoms with E-state index in [9.17, 15) is 0 Å². The largest absolute Gasteiger partial charge is 0.308 e. The first kappa shape index (κ1) is 11.6. The van der Waals surface area contributed by atoms with Crippen molar-refractivity contribution in [3.05, 3.63) is 11.9 Å². The van der Waals surface area contributed by atoms with Gasteiger partial charge in [-0.25, -0.2) is 4.68 Å². The molecule has 1 aromatic rings. The Morgan fingerprint density at radius 1 is 1.44 bits per heavy atom. The quantitative estimate of drug-likeness (QED) is 0.849. The lowest BCUT2D eigenvalue weighted by Crippen LogP contribution is -2.39. The Bertz CT molecular complexity index is 344. The van der Waals surface area contributed by atoms with Crippen molar-refractivity contribution < 1.29 is 0 Å². The number of nitrogens with one attached hydrogen (secondary N) is 1. The zero-order chi connectivity index (χ0) is 11.8. The Labute approximate surface area is 97.4 Å². The van der Waals surface area contributed by atoms with Gasteiger partial charge in [0.2, 0.25) is 0 Å². The van der Waals surface area contributed by atoms with Crippen LogP contribution in [0.5, 0.6) is 0 Å². The normalized spacial score (nSPS) is 25.5. The maximum atomic E-state index is 4.18. The van der Waals surface area contributed by atoms with E-state index in [4.69, 9.17) is 0 Å². The van der Waals surface area contributed by atoms with Crippen LogP contribution < -0.4 is 5.32 Å². The molecule has 1 saturated carbocycles. The third-order valence-corrected chi connectivity index (χ3v) is 3.17. The molecule has 1 aliphatic carbocycles. The van der Waals surface area contributed by atoms with Gasteiger partial charge in [0, 0.05) is 12.6 Å². The second-order valence-electron chi connectivity index (χ2n) is 5.98. The van der Waals surface area contributed by atoms with E-state index >= 15 is 0 Å². The van der Waals surface area contributed by atoms with Crippen LogP contribution in [-0.2, 0) is 12.1 Å². The minimum Gasteiger partial charge on any atom is -0.308 e. The Morgan fingerprint density at radius 2 is 2.12 bits per heavy atom. The van der Waals surface area contributed by atoms with Gasteiger partial charge in [0.25, 0.3) is 0 Å². The van der Waals surface area contributed by atoms with Gasteiger partial charge >= 0.3 is 0 Å². The molecule has 0 bridgehead atoms. The third kappa shape index (κ3) is 2.61. The summed E-state index contributed by atoms with van der Waals surface area (Å²) in [6.07, 6.45) is 4.63. The molecule has 4 heteroatoms. The van der Waals surface area contributed by atoms with Crippen molar-refractivity contribution in [2.75, 3.05) is 0 Å². The molecule has 0 saturated heterocycles. The van der Waals surface area contributed by atoms with Crippen LogP contribution in [0.2, 0.25) is 0 Å². The number of hydrogen-bond acceptors (Lipinski definition) is 3. The van der Waals surface area contributed by atoms with E-state index < -0.39 is 0 Å². The van der Waals surface area contributed by atoms with E-state index in [0.29, 0.717) is 6.04 Å². The second-order valence-corrected chi connectivity index (χ2v) is 5.98. The van der Waals surface area contributed by atoms with Crippen molar-refractivity contribution in [1.82, 2.24) is 20.3 Å². The first-order valence-electron chi connectivity index (χ1n) is 6.10. The van der Waals surface area contributed by atoms with Crippen molar-refractivity contribution in [3.8, 4) is 0 Å². The molecule has 2 rings (SSSR count). The summed E-state index contributed by atoms with van der Waals surface area (Å²) in [5.41, 5.74) is 1.06. The Hall–Kier alpha value is -0.900. The fourth-order valence-electron chi connectivity index (χ4n) is 2.03. The van der Waals surface area contributed by atoms with Gasteiger partial charge < -0.3 is 5.32 Å². The fourth-order valence-corrected chi connectivity index (χ4v) is 2.03. The Kier molecular flexibility index (Phi) is 3.02. The van der Waals surface area contributed by atoms with Crippen LogP contribution in [0.4, 0.5) is 0 Å². The van der Waals surface area contributed by atoms with Gasteiger partial charge in [-0.1, -0.05) is 12.1 Å². The predicted molar refractivity (Wildman–Crippen MR) is 64.0 cm³/mol. The van der Waals surface area contributed by atoms with Gasteiger partial charge in [0.1, 0.15) is 0 Å². The van der Waals surface area contributed by atoms with Crippen molar-refractivity contribution in [1.29, 1.82) is 0 Å². The molecular weight excluding hydrogens is 200 g/mol. The molecule has 0 atom stereocenters. The molecule has 1 aromatic heterocycles. The smallest absolute Gasteiger partial charge is 0.0965 e. The molecule has 1 heterocycles. The second kappa shape index (κ2) is 4.17.